The van der Waals surface area contributed by atoms with Crippen LogP contribution in [-0.4, -0.2) is 89.3 Å². The van der Waals surface area contributed by atoms with Crippen molar-refractivity contribution in [2.75, 3.05) is 49.1 Å². The fourth-order valence-electron chi connectivity index (χ4n) is 8.61. The Morgan fingerprint density at radius 1 is 1.00 bits per heavy atom. The van der Waals surface area contributed by atoms with Gasteiger partial charge in [0.25, 0.3) is 5.91 Å². The minimum atomic E-state index is -4.79. The van der Waals surface area contributed by atoms with Gasteiger partial charge in [0.15, 0.2) is 10.9 Å². The van der Waals surface area contributed by atoms with Crippen LogP contribution in [0.25, 0.3) is 0 Å². The zero-order valence-corrected chi connectivity index (χ0v) is 34.8. The number of thiocarbonyl (C=S) groups is 1. The number of Topliss-reactive ketones (excluding diaryl/α,β-unsaturated/α-hetero) is 1. The molecule has 1 unspecified atom stereocenters. The van der Waals surface area contributed by atoms with Crippen LogP contribution in [0.4, 0.5) is 24.5 Å². The number of imide groups is 1. The lowest BCUT2D eigenvalue weighted by Crippen LogP contribution is -2.54. The van der Waals surface area contributed by atoms with Crippen molar-refractivity contribution in [1.82, 2.24) is 15.1 Å². The van der Waals surface area contributed by atoms with Crippen LogP contribution in [-0.2, 0) is 38.2 Å². The third-order valence-electron chi connectivity index (χ3n) is 12.1. The van der Waals surface area contributed by atoms with Gasteiger partial charge in [-0.2, -0.15) is 18.4 Å². The van der Waals surface area contributed by atoms with Crippen molar-refractivity contribution in [2.45, 2.75) is 89.4 Å². The maximum Gasteiger partial charge on any atom is 0.417 e. The fraction of sp³-hybridized carbons (Fsp3) is 0.467. The Labute approximate surface area is 353 Å². The summed E-state index contributed by atoms with van der Waals surface area (Å²) >= 11 is 5.77. The Kier molecular flexibility index (Phi) is 12.5. The van der Waals surface area contributed by atoms with Crippen LogP contribution in [0.15, 0.2) is 60.7 Å². The molecular formula is C45H49F3N6O5S. The molecule has 0 radical (unpaired) electrons. The Morgan fingerprint density at radius 3 is 2.45 bits per heavy atom. The predicted octanol–water partition coefficient (Wildman–Crippen LogP) is 6.55. The molecule has 0 spiro atoms. The van der Waals surface area contributed by atoms with Crippen molar-refractivity contribution in [2.24, 2.45) is 5.92 Å². The van der Waals surface area contributed by atoms with E-state index >= 15 is 0 Å². The second kappa shape index (κ2) is 17.4. The van der Waals surface area contributed by atoms with Crippen LogP contribution in [0, 0.1) is 17.2 Å². The Hall–Kier alpha value is -5.17. The number of ketones is 1. The van der Waals surface area contributed by atoms with Crippen LogP contribution in [0.2, 0.25) is 0 Å². The quantitative estimate of drug-likeness (QED) is 0.141. The number of nitriles is 1. The van der Waals surface area contributed by atoms with E-state index < -0.39 is 28.7 Å². The van der Waals surface area contributed by atoms with E-state index in [1.165, 1.54) is 6.07 Å². The van der Waals surface area contributed by atoms with Crippen molar-refractivity contribution < 1.29 is 37.1 Å². The van der Waals surface area contributed by atoms with E-state index in [-0.39, 0.29) is 46.3 Å². The number of alkyl halides is 3. The zero-order valence-electron chi connectivity index (χ0n) is 34.0. The number of benzene rings is 3. The molecule has 3 aromatic carbocycles. The summed E-state index contributed by atoms with van der Waals surface area (Å²) in [7, 11) is 0. The molecule has 0 bridgehead atoms. The van der Waals surface area contributed by atoms with Crippen LogP contribution in [0.3, 0.4) is 0 Å². The molecule has 3 saturated heterocycles. The molecule has 4 fully saturated rings. The number of carbonyl (C=O) groups is 4. The van der Waals surface area contributed by atoms with Gasteiger partial charge in [-0.25, -0.2) is 0 Å². The molecule has 3 aromatic rings. The van der Waals surface area contributed by atoms with Crippen LogP contribution >= 0.6 is 12.2 Å². The number of amides is 3. The molecule has 4 aliphatic rings. The number of piperidine rings is 1. The predicted molar refractivity (Wildman–Crippen MR) is 224 cm³/mol. The highest BCUT2D eigenvalue weighted by Crippen LogP contribution is 2.47. The van der Waals surface area contributed by atoms with E-state index in [0.29, 0.717) is 51.1 Å². The van der Waals surface area contributed by atoms with Gasteiger partial charge in [-0.3, -0.25) is 39.2 Å². The number of hydrogen-bond donors (Lipinski definition) is 1. The van der Waals surface area contributed by atoms with Crippen LogP contribution in [0.1, 0.15) is 86.6 Å². The maximum absolute atomic E-state index is 13.8. The van der Waals surface area contributed by atoms with Gasteiger partial charge >= 0.3 is 6.18 Å². The van der Waals surface area contributed by atoms with Crippen LogP contribution in [0.5, 0.6) is 5.75 Å². The molecule has 3 heterocycles. The lowest BCUT2D eigenvalue weighted by molar-refractivity contribution is -0.138. The molecule has 1 aliphatic carbocycles. The van der Waals surface area contributed by atoms with Crippen molar-refractivity contribution in [3.05, 3.63) is 88.5 Å². The molecule has 2 atom stereocenters. The first-order valence-electron chi connectivity index (χ1n) is 20.5. The van der Waals surface area contributed by atoms with E-state index in [1.54, 1.807) is 24.8 Å². The van der Waals surface area contributed by atoms with Gasteiger partial charge in [0.1, 0.15) is 17.9 Å². The van der Waals surface area contributed by atoms with Gasteiger partial charge in [0, 0.05) is 56.7 Å². The van der Waals surface area contributed by atoms with Gasteiger partial charge < -0.3 is 9.64 Å². The molecular weight excluding hydrogens is 794 g/mol. The molecule has 3 aliphatic heterocycles. The molecule has 60 heavy (non-hydrogen) atoms. The van der Waals surface area contributed by atoms with E-state index in [9.17, 15) is 37.6 Å². The monoisotopic (exact) mass is 842 g/mol. The SMILES string of the molecule is CC[C@@H]1CN(CCOc2ccc(N3C(=S)N(c4ccc(C#N)c(C(F)(F)F)c4)C(=O)C3(C)C)cc2C2CC2)CCN1CC(=O)Cc1cccc(CC2CCC(=O)NC2=O)c1. The Balaban J connectivity index is 0.943. The number of nitrogens with one attached hydrogen (secondary N) is 1. The number of ether oxygens (including phenoxy) is 1. The summed E-state index contributed by atoms with van der Waals surface area (Å²) in [6.45, 7) is 9.35. The van der Waals surface area contributed by atoms with Crippen molar-refractivity contribution in [3.63, 3.8) is 0 Å². The fourth-order valence-corrected chi connectivity index (χ4v) is 9.14. The van der Waals surface area contributed by atoms with Crippen molar-refractivity contribution in [3.8, 4) is 11.8 Å². The summed E-state index contributed by atoms with van der Waals surface area (Å²) in [6, 6.07) is 18.4. The summed E-state index contributed by atoms with van der Waals surface area (Å²) in [6.07, 6.45) is -0.214. The number of hydrogen-bond acceptors (Lipinski definition) is 9. The normalized spacial score (nSPS) is 21.3. The molecule has 15 heteroatoms. The van der Waals surface area contributed by atoms with Gasteiger partial charge in [0.2, 0.25) is 11.8 Å². The molecule has 0 aromatic heterocycles. The van der Waals surface area contributed by atoms with E-state index in [0.717, 1.165) is 78.4 Å². The highest BCUT2D eigenvalue weighted by molar-refractivity contribution is 7.81. The number of anilines is 2. The average molecular weight is 843 g/mol. The maximum atomic E-state index is 13.8. The third kappa shape index (κ3) is 9.26. The highest BCUT2D eigenvalue weighted by atomic mass is 32.1. The third-order valence-corrected chi connectivity index (χ3v) is 12.4. The zero-order chi connectivity index (χ0) is 42.9. The van der Waals surface area contributed by atoms with Gasteiger partial charge in [-0.05, 0) is 117 Å². The van der Waals surface area contributed by atoms with Crippen molar-refractivity contribution in [1.29, 1.82) is 5.26 Å². The Bertz CT molecular complexity index is 2240. The lowest BCUT2D eigenvalue weighted by atomic mass is 9.90. The van der Waals surface area contributed by atoms with Crippen molar-refractivity contribution >= 4 is 52.2 Å². The number of halogens is 3. The first-order chi connectivity index (χ1) is 28.6. The summed E-state index contributed by atoms with van der Waals surface area (Å²) in [4.78, 5) is 58.3. The standard InChI is InChI=1S/C45H49F3N6O5S/c1-4-33-26-51(16-17-52(33)27-36(55)22-29-7-5-6-28(20-29)21-31-11-15-40(56)50-41(31)57)18-19-59-39-14-13-35(23-37(39)30-8-9-30)54-43(60)53(42(58)44(54,2)3)34-12-10-32(25-49)38(24-34)45(46,47)48/h5-7,10,12-14,20,23-24,30-31,33H,4,8-9,11,15-19,21-22,26-27H2,1-3H3,(H,50,56,57)/t31?,33-/m1/s1. The highest BCUT2D eigenvalue weighted by Gasteiger charge is 2.51. The number of rotatable bonds is 14. The molecule has 316 valence electrons. The second-order valence-corrected chi connectivity index (χ2v) is 17.1. The van der Waals surface area contributed by atoms with E-state index in [1.807, 2.05) is 42.5 Å². The minimum absolute atomic E-state index is 0.0424. The minimum Gasteiger partial charge on any atom is -0.492 e. The lowest BCUT2D eigenvalue weighted by Gasteiger charge is -2.40. The summed E-state index contributed by atoms with van der Waals surface area (Å²) in [5.74, 6) is -0.0387. The first kappa shape index (κ1) is 42.9. The summed E-state index contributed by atoms with van der Waals surface area (Å²) < 4.78 is 47.9. The molecule has 7 rings (SSSR count). The average Bonchev–Trinajstić information content (AvgIpc) is 4.03. The van der Waals surface area contributed by atoms with Gasteiger partial charge in [-0.1, -0.05) is 31.2 Å². The number of carbonyl (C=O) groups excluding carboxylic acids is 4. The van der Waals surface area contributed by atoms with E-state index in [2.05, 4.69) is 22.0 Å². The topological polar surface area (TPSA) is 126 Å². The molecule has 1 saturated carbocycles. The smallest absolute Gasteiger partial charge is 0.417 e. The van der Waals surface area contributed by atoms with Gasteiger partial charge in [-0.15, -0.1) is 0 Å². The molecule has 3 amide bonds. The molecule has 11 nitrogen and oxygen atoms in total. The van der Waals surface area contributed by atoms with E-state index in [4.69, 9.17) is 17.0 Å². The second-order valence-electron chi connectivity index (χ2n) is 16.7. The number of nitrogens with zero attached hydrogens (tertiary/aromatic N) is 5. The summed E-state index contributed by atoms with van der Waals surface area (Å²) in [5, 5.41) is 11.7. The summed E-state index contributed by atoms with van der Waals surface area (Å²) in [5.41, 5.74) is 0.592. The van der Waals surface area contributed by atoms with Gasteiger partial charge in [0.05, 0.1) is 29.4 Å². The molecule has 1 N–H and O–H groups in total. The Morgan fingerprint density at radius 2 is 1.75 bits per heavy atom. The first-order valence-corrected chi connectivity index (χ1v) is 20.9. The number of piperazine rings is 1. The van der Waals surface area contributed by atoms with Crippen LogP contribution < -0.4 is 19.9 Å². The largest absolute Gasteiger partial charge is 0.492 e.